The number of benzene rings is 2. The molecule has 0 spiro atoms. The van der Waals surface area contributed by atoms with E-state index in [-0.39, 0.29) is 11.8 Å². The summed E-state index contributed by atoms with van der Waals surface area (Å²) in [7, 11) is 1.64. The highest BCUT2D eigenvalue weighted by Gasteiger charge is 2.32. The van der Waals surface area contributed by atoms with E-state index in [0.717, 1.165) is 31.0 Å². The molecule has 3 rings (SSSR count). The van der Waals surface area contributed by atoms with E-state index in [2.05, 4.69) is 40.5 Å². The van der Waals surface area contributed by atoms with Crippen LogP contribution in [0.3, 0.4) is 0 Å². The average Bonchev–Trinajstić information content (AvgIpc) is 2.69. The third kappa shape index (κ3) is 5.55. The van der Waals surface area contributed by atoms with E-state index in [1.54, 1.807) is 7.11 Å². The number of likely N-dealkylation sites (tertiary alicyclic amines) is 1. The molecule has 5 heteroatoms. The van der Waals surface area contributed by atoms with Crippen molar-refractivity contribution in [2.24, 2.45) is 5.92 Å². The van der Waals surface area contributed by atoms with Gasteiger partial charge in [0.25, 0.3) is 0 Å². The van der Waals surface area contributed by atoms with Crippen molar-refractivity contribution in [3.05, 3.63) is 70.7 Å². The van der Waals surface area contributed by atoms with Gasteiger partial charge in [-0.15, -0.1) is 0 Å². The van der Waals surface area contributed by atoms with Crippen molar-refractivity contribution >= 4 is 17.5 Å². The van der Waals surface area contributed by atoms with Gasteiger partial charge in [0, 0.05) is 37.8 Å². The number of piperidine rings is 1. The van der Waals surface area contributed by atoms with E-state index in [1.807, 2.05) is 24.3 Å². The quantitative estimate of drug-likeness (QED) is 0.730. The van der Waals surface area contributed by atoms with Gasteiger partial charge in [-0.1, -0.05) is 54.1 Å². The minimum absolute atomic E-state index is 0.000928. The molecule has 1 aliphatic heterocycles. The standard InChI is InChI=1S/C22H27ClN2O2/c1-27-13-12-24-22(26)19-10-11-21(18-7-3-2-4-8-18)25(16-19)15-17-6-5-9-20(23)14-17/h2-9,14,19,21H,10-13,15-16H2,1H3,(H,24,26)/t19-,21+/m0/s1. The lowest BCUT2D eigenvalue weighted by Crippen LogP contribution is -2.44. The largest absolute Gasteiger partial charge is 0.383 e. The topological polar surface area (TPSA) is 41.6 Å². The van der Waals surface area contributed by atoms with Gasteiger partial charge >= 0.3 is 0 Å². The Labute approximate surface area is 166 Å². The first-order valence-corrected chi connectivity index (χ1v) is 9.85. The summed E-state index contributed by atoms with van der Waals surface area (Å²) >= 11 is 6.17. The summed E-state index contributed by atoms with van der Waals surface area (Å²) in [5.74, 6) is 0.121. The molecular weight excluding hydrogens is 360 g/mol. The summed E-state index contributed by atoms with van der Waals surface area (Å²) in [4.78, 5) is 15.0. The Morgan fingerprint density at radius 3 is 2.74 bits per heavy atom. The summed E-state index contributed by atoms with van der Waals surface area (Å²) < 4.78 is 5.03. The Bertz CT molecular complexity index is 738. The highest BCUT2D eigenvalue weighted by atomic mass is 35.5. The number of halogens is 1. The minimum atomic E-state index is 0.000928. The van der Waals surface area contributed by atoms with Gasteiger partial charge in [-0.05, 0) is 36.1 Å². The molecule has 4 nitrogen and oxygen atoms in total. The Balaban J connectivity index is 1.74. The van der Waals surface area contributed by atoms with Crippen LogP contribution in [0.25, 0.3) is 0 Å². The van der Waals surface area contributed by atoms with Crippen molar-refractivity contribution in [2.45, 2.75) is 25.4 Å². The third-order valence-electron chi connectivity index (χ3n) is 5.12. The van der Waals surface area contributed by atoms with Crippen LogP contribution >= 0.6 is 11.6 Å². The molecule has 2 atom stereocenters. The molecule has 144 valence electrons. The summed E-state index contributed by atoms with van der Waals surface area (Å²) in [5, 5.41) is 3.73. The van der Waals surface area contributed by atoms with Gasteiger partial charge in [0.15, 0.2) is 0 Å². The predicted octanol–water partition coefficient (Wildman–Crippen LogP) is 4.06. The minimum Gasteiger partial charge on any atom is -0.383 e. The number of nitrogens with one attached hydrogen (secondary N) is 1. The molecule has 1 N–H and O–H groups in total. The molecule has 0 aromatic heterocycles. The van der Waals surface area contributed by atoms with Crippen LogP contribution in [0.5, 0.6) is 0 Å². The van der Waals surface area contributed by atoms with E-state index < -0.39 is 0 Å². The number of methoxy groups -OCH3 is 1. The maximum Gasteiger partial charge on any atom is 0.224 e. The van der Waals surface area contributed by atoms with E-state index >= 15 is 0 Å². The Morgan fingerprint density at radius 1 is 1.19 bits per heavy atom. The lowest BCUT2D eigenvalue weighted by Gasteiger charge is -2.39. The van der Waals surface area contributed by atoms with Gasteiger partial charge in [-0.25, -0.2) is 0 Å². The van der Waals surface area contributed by atoms with Crippen molar-refractivity contribution in [1.29, 1.82) is 0 Å². The number of carbonyl (C=O) groups is 1. The Morgan fingerprint density at radius 2 is 2.00 bits per heavy atom. The maximum absolute atomic E-state index is 12.6. The zero-order valence-electron chi connectivity index (χ0n) is 15.7. The molecule has 0 unspecified atom stereocenters. The fourth-order valence-electron chi connectivity index (χ4n) is 3.78. The lowest BCUT2D eigenvalue weighted by molar-refractivity contribution is -0.127. The molecule has 1 saturated heterocycles. The molecule has 1 fully saturated rings. The van der Waals surface area contributed by atoms with Gasteiger partial charge < -0.3 is 10.1 Å². The SMILES string of the molecule is COCCNC(=O)[C@H]1CC[C@H](c2ccccc2)N(Cc2cccc(Cl)c2)C1. The number of nitrogens with zero attached hydrogens (tertiary/aromatic N) is 1. The molecule has 1 heterocycles. The number of rotatable bonds is 7. The van der Waals surface area contributed by atoms with Crippen molar-refractivity contribution in [3.63, 3.8) is 0 Å². The van der Waals surface area contributed by atoms with E-state index in [0.29, 0.717) is 19.2 Å². The summed E-state index contributed by atoms with van der Waals surface area (Å²) in [6.45, 7) is 2.62. The molecule has 0 aliphatic carbocycles. The van der Waals surface area contributed by atoms with Crippen LogP contribution in [0.2, 0.25) is 5.02 Å². The molecule has 0 saturated carbocycles. The van der Waals surface area contributed by atoms with Crippen molar-refractivity contribution in [1.82, 2.24) is 10.2 Å². The second-order valence-corrected chi connectivity index (χ2v) is 7.48. The maximum atomic E-state index is 12.6. The highest BCUT2D eigenvalue weighted by Crippen LogP contribution is 2.34. The first kappa shape index (κ1) is 19.9. The zero-order valence-corrected chi connectivity index (χ0v) is 16.5. The number of ether oxygens (including phenoxy) is 1. The summed E-state index contributed by atoms with van der Waals surface area (Å²) in [6.07, 6.45) is 1.86. The van der Waals surface area contributed by atoms with Crippen molar-refractivity contribution in [2.75, 3.05) is 26.8 Å². The van der Waals surface area contributed by atoms with Gasteiger partial charge in [0.05, 0.1) is 12.5 Å². The van der Waals surface area contributed by atoms with Gasteiger partial charge in [0.1, 0.15) is 0 Å². The fraction of sp³-hybridized carbons (Fsp3) is 0.409. The molecule has 2 aromatic carbocycles. The third-order valence-corrected chi connectivity index (χ3v) is 5.35. The normalized spacial score (nSPS) is 20.4. The Hall–Kier alpha value is -1.88. The number of carbonyl (C=O) groups excluding carboxylic acids is 1. The number of hydrogen-bond acceptors (Lipinski definition) is 3. The molecule has 27 heavy (non-hydrogen) atoms. The lowest BCUT2D eigenvalue weighted by atomic mass is 9.88. The van der Waals surface area contributed by atoms with Crippen LogP contribution in [0.15, 0.2) is 54.6 Å². The van der Waals surface area contributed by atoms with Crippen LogP contribution in [0, 0.1) is 5.92 Å². The summed E-state index contributed by atoms with van der Waals surface area (Å²) in [6, 6.07) is 18.8. The first-order chi connectivity index (χ1) is 13.2. The van der Waals surface area contributed by atoms with Crippen LogP contribution < -0.4 is 5.32 Å². The monoisotopic (exact) mass is 386 g/mol. The van der Waals surface area contributed by atoms with Crippen molar-refractivity contribution < 1.29 is 9.53 Å². The average molecular weight is 387 g/mol. The fourth-order valence-corrected chi connectivity index (χ4v) is 3.99. The molecule has 0 radical (unpaired) electrons. The molecular formula is C22H27ClN2O2. The smallest absolute Gasteiger partial charge is 0.224 e. The van der Waals surface area contributed by atoms with E-state index in [4.69, 9.17) is 16.3 Å². The van der Waals surface area contributed by atoms with Crippen LogP contribution in [-0.2, 0) is 16.1 Å². The number of amides is 1. The molecule has 1 aliphatic rings. The van der Waals surface area contributed by atoms with Gasteiger partial charge in [-0.3, -0.25) is 9.69 Å². The van der Waals surface area contributed by atoms with Crippen LogP contribution in [-0.4, -0.2) is 37.6 Å². The highest BCUT2D eigenvalue weighted by molar-refractivity contribution is 6.30. The molecule has 0 bridgehead atoms. The van der Waals surface area contributed by atoms with Gasteiger partial charge in [0.2, 0.25) is 5.91 Å². The Kier molecular flexibility index (Phi) is 7.27. The second kappa shape index (κ2) is 9.88. The van der Waals surface area contributed by atoms with Gasteiger partial charge in [-0.2, -0.15) is 0 Å². The first-order valence-electron chi connectivity index (χ1n) is 9.47. The van der Waals surface area contributed by atoms with Crippen molar-refractivity contribution in [3.8, 4) is 0 Å². The number of hydrogen-bond donors (Lipinski definition) is 1. The second-order valence-electron chi connectivity index (χ2n) is 7.04. The molecule has 2 aromatic rings. The molecule has 1 amide bonds. The van der Waals surface area contributed by atoms with E-state index in [9.17, 15) is 4.79 Å². The van der Waals surface area contributed by atoms with Crippen LogP contribution in [0.1, 0.15) is 30.0 Å². The van der Waals surface area contributed by atoms with E-state index in [1.165, 1.54) is 11.1 Å². The zero-order chi connectivity index (χ0) is 19.1. The summed E-state index contributed by atoms with van der Waals surface area (Å²) in [5.41, 5.74) is 2.47. The predicted molar refractivity (Wildman–Crippen MR) is 109 cm³/mol. The van der Waals surface area contributed by atoms with Crippen LogP contribution in [0.4, 0.5) is 0 Å².